The van der Waals surface area contributed by atoms with Gasteiger partial charge >= 0.3 is 12.1 Å². The molecule has 2 aliphatic rings. The Morgan fingerprint density at radius 1 is 0.705 bits per heavy atom. The lowest BCUT2D eigenvalue weighted by Crippen LogP contribution is -2.35. The molecule has 2 aromatic carbocycles. The van der Waals surface area contributed by atoms with Crippen LogP contribution in [0.25, 0.3) is 0 Å². The van der Waals surface area contributed by atoms with Crippen LogP contribution in [0.4, 0.5) is 32.3 Å². The van der Waals surface area contributed by atoms with E-state index in [2.05, 4.69) is 36.2 Å². The molecule has 0 aliphatic carbocycles. The van der Waals surface area contributed by atoms with E-state index in [-0.39, 0.29) is 49.8 Å². The predicted octanol–water partition coefficient (Wildman–Crippen LogP) is 2.83. The summed E-state index contributed by atoms with van der Waals surface area (Å²) in [5.74, 6) is 0.600. The van der Waals surface area contributed by atoms with Gasteiger partial charge in [-0.05, 0) is 36.4 Å². The van der Waals surface area contributed by atoms with Crippen LogP contribution >= 0.6 is 0 Å². The maximum Gasteiger partial charge on any atom is 0.319 e. The van der Waals surface area contributed by atoms with E-state index in [0.717, 1.165) is 0 Å². The summed E-state index contributed by atoms with van der Waals surface area (Å²) in [6, 6.07) is 14.4. The monoisotopic (exact) mass is 603 g/mol. The molecule has 0 spiro atoms. The van der Waals surface area contributed by atoms with Crippen LogP contribution in [0.5, 0.6) is 0 Å². The van der Waals surface area contributed by atoms with Gasteiger partial charge in [0.05, 0.1) is 9.85 Å². The van der Waals surface area contributed by atoms with Crippen LogP contribution in [0.1, 0.15) is 11.4 Å². The molecular weight excluding hydrogens is 578 g/mol. The number of aromatic nitrogens is 1. The number of non-ortho nitro benzene ring substituents is 2. The average molecular weight is 604 g/mol. The van der Waals surface area contributed by atoms with Gasteiger partial charge < -0.3 is 30.7 Å². The Hall–Kier alpha value is -6.13. The molecule has 0 fully saturated rings. The minimum Gasteiger partial charge on any atom is -0.474 e. The lowest BCUT2D eigenvalue weighted by molar-refractivity contribution is -0.385. The van der Waals surface area contributed by atoms with Crippen molar-refractivity contribution in [3.63, 3.8) is 0 Å². The summed E-state index contributed by atoms with van der Waals surface area (Å²) in [6.45, 7) is 0.826. The third-order valence-electron chi connectivity index (χ3n) is 6.28. The van der Waals surface area contributed by atoms with Gasteiger partial charge in [0.1, 0.15) is 36.7 Å². The molecule has 0 bridgehead atoms. The molecule has 2 atom stereocenters. The number of nitrogens with zero attached hydrogens (tertiary/aromatic N) is 5. The smallest absolute Gasteiger partial charge is 0.319 e. The maximum atomic E-state index is 12.2. The van der Waals surface area contributed by atoms with Crippen molar-refractivity contribution < 1.29 is 28.9 Å². The number of urea groups is 2. The van der Waals surface area contributed by atoms with Crippen molar-refractivity contribution in [2.45, 2.75) is 12.1 Å². The molecule has 44 heavy (non-hydrogen) atoms. The number of rotatable bonds is 10. The Morgan fingerprint density at radius 2 is 1.11 bits per heavy atom. The molecule has 0 unspecified atom stereocenters. The SMILES string of the molecule is O=C(NC[C@H]1COC(c2cccc(C3=N[C@@H](CNC(=O)Nc4ccc([N+](=O)[O-])cc4)CO3)n2)=N1)Nc1ccc([N+](=O)[O-])cc1. The molecular formula is C27H25N9O8. The first kappa shape index (κ1) is 29.4. The molecule has 0 radical (unpaired) electrons. The Bertz CT molecular complexity index is 1510. The molecule has 2 aliphatic heterocycles. The topological polar surface area (TPSA) is 225 Å². The fourth-order valence-electron chi connectivity index (χ4n) is 4.10. The minimum atomic E-state index is -0.523. The molecule has 5 rings (SSSR count). The first-order valence-electron chi connectivity index (χ1n) is 13.2. The van der Waals surface area contributed by atoms with E-state index in [9.17, 15) is 29.8 Å². The number of amides is 4. The van der Waals surface area contributed by atoms with Crippen molar-refractivity contribution in [3.8, 4) is 0 Å². The normalized spacial score (nSPS) is 16.9. The Balaban J connectivity index is 1.10. The van der Waals surface area contributed by atoms with Crippen LogP contribution in [0.2, 0.25) is 0 Å². The number of aliphatic imine (C=N–C) groups is 2. The molecule has 3 heterocycles. The molecule has 4 N–H and O–H groups in total. The second kappa shape index (κ2) is 13.2. The van der Waals surface area contributed by atoms with Crippen LogP contribution in [0.15, 0.2) is 76.7 Å². The van der Waals surface area contributed by atoms with Gasteiger partial charge in [-0.25, -0.2) is 24.6 Å². The second-order valence-corrected chi connectivity index (χ2v) is 9.48. The van der Waals surface area contributed by atoms with Crippen LogP contribution in [-0.4, -0.2) is 77.1 Å². The maximum absolute atomic E-state index is 12.2. The summed E-state index contributed by atoms with van der Waals surface area (Å²) in [5.41, 5.74) is 1.56. The summed E-state index contributed by atoms with van der Waals surface area (Å²) >= 11 is 0. The van der Waals surface area contributed by atoms with Crippen LogP contribution in [0.3, 0.4) is 0 Å². The number of nitro benzene ring substituents is 2. The van der Waals surface area contributed by atoms with E-state index in [1.165, 1.54) is 48.5 Å². The number of hydrogen-bond donors (Lipinski definition) is 4. The van der Waals surface area contributed by atoms with E-state index in [1.807, 2.05) is 0 Å². The highest BCUT2D eigenvalue weighted by molar-refractivity contribution is 5.97. The number of carbonyl (C=O) groups is 2. The molecule has 1 aromatic heterocycles. The van der Waals surface area contributed by atoms with Crippen molar-refractivity contribution in [3.05, 3.63) is 98.3 Å². The van der Waals surface area contributed by atoms with Gasteiger partial charge in [0, 0.05) is 48.7 Å². The summed E-state index contributed by atoms with van der Waals surface area (Å²) in [4.78, 5) is 58.4. The van der Waals surface area contributed by atoms with Crippen molar-refractivity contribution >= 4 is 46.6 Å². The number of benzene rings is 2. The summed E-state index contributed by atoms with van der Waals surface area (Å²) in [7, 11) is 0. The van der Waals surface area contributed by atoms with E-state index in [0.29, 0.717) is 34.6 Å². The molecule has 0 saturated carbocycles. The van der Waals surface area contributed by atoms with Gasteiger partial charge in [-0.2, -0.15) is 0 Å². The number of nitro groups is 2. The Labute approximate surface area is 248 Å². The summed E-state index contributed by atoms with van der Waals surface area (Å²) in [5, 5.41) is 32.1. The number of hydrogen-bond acceptors (Lipinski definition) is 11. The van der Waals surface area contributed by atoms with Gasteiger partial charge in [0.2, 0.25) is 11.8 Å². The largest absolute Gasteiger partial charge is 0.474 e. The van der Waals surface area contributed by atoms with Crippen molar-refractivity contribution in [2.75, 3.05) is 36.9 Å². The number of nitrogens with one attached hydrogen (secondary N) is 4. The van der Waals surface area contributed by atoms with Crippen LogP contribution in [0, 0.1) is 20.2 Å². The number of ether oxygens (including phenoxy) is 2. The molecule has 17 heteroatoms. The highest BCUT2D eigenvalue weighted by Gasteiger charge is 2.25. The summed E-state index contributed by atoms with van der Waals surface area (Å²) in [6.07, 6.45) is 0. The zero-order valence-corrected chi connectivity index (χ0v) is 22.8. The molecule has 17 nitrogen and oxygen atoms in total. The Morgan fingerprint density at radius 3 is 1.50 bits per heavy atom. The third-order valence-corrected chi connectivity index (χ3v) is 6.28. The van der Waals surface area contributed by atoms with Crippen molar-refractivity contribution in [1.82, 2.24) is 15.6 Å². The van der Waals surface area contributed by atoms with E-state index in [4.69, 9.17) is 9.47 Å². The second-order valence-electron chi connectivity index (χ2n) is 9.48. The zero-order chi connectivity index (χ0) is 31.1. The average Bonchev–Trinajstić information content (AvgIpc) is 3.70. The highest BCUT2D eigenvalue weighted by Crippen LogP contribution is 2.17. The quantitative estimate of drug-likeness (QED) is 0.197. The number of pyridine rings is 1. The van der Waals surface area contributed by atoms with E-state index >= 15 is 0 Å². The van der Waals surface area contributed by atoms with Crippen LogP contribution < -0.4 is 21.3 Å². The van der Waals surface area contributed by atoms with E-state index in [1.54, 1.807) is 18.2 Å². The van der Waals surface area contributed by atoms with Gasteiger partial charge in [-0.1, -0.05) is 6.07 Å². The third kappa shape index (κ3) is 7.58. The molecule has 226 valence electrons. The van der Waals surface area contributed by atoms with Gasteiger partial charge in [0.15, 0.2) is 0 Å². The van der Waals surface area contributed by atoms with Gasteiger partial charge in [-0.3, -0.25) is 20.2 Å². The molecule has 4 amide bonds. The fraction of sp³-hybridized carbons (Fsp3) is 0.222. The minimum absolute atomic E-state index is 0.0789. The first-order chi connectivity index (χ1) is 21.2. The fourth-order valence-corrected chi connectivity index (χ4v) is 4.10. The van der Waals surface area contributed by atoms with Gasteiger partial charge in [0.25, 0.3) is 11.4 Å². The molecule has 3 aromatic rings. The van der Waals surface area contributed by atoms with Crippen molar-refractivity contribution in [2.24, 2.45) is 9.98 Å². The lowest BCUT2D eigenvalue weighted by atomic mass is 10.3. The standard InChI is InChI=1S/C27H25N9O8/c37-26(32-16-4-8-20(9-5-16)35(39)40)28-12-18-14-43-24(30-18)22-2-1-3-23(34-22)25-31-19(15-44-25)13-29-27(38)33-17-6-10-21(11-7-17)36(41)42/h1-11,18-19H,12-15H2,(H2,28,32,37)(H2,29,33,38)/t18-,19-/m0/s1. The number of carbonyl (C=O) groups excluding carboxylic acids is 2. The predicted molar refractivity (Wildman–Crippen MR) is 157 cm³/mol. The zero-order valence-electron chi connectivity index (χ0n) is 22.8. The van der Waals surface area contributed by atoms with Gasteiger partial charge in [-0.15, -0.1) is 0 Å². The lowest BCUT2D eigenvalue weighted by Gasteiger charge is -2.09. The summed E-state index contributed by atoms with van der Waals surface area (Å²) < 4.78 is 11.4. The number of anilines is 2. The molecule has 0 saturated heterocycles. The highest BCUT2D eigenvalue weighted by atomic mass is 16.6. The first-order valence-corrected chi connectivity index (χ1v) is 13.2. The van der Waals surface area contributed by atoms with Crippen LogP contribution in [-0.2, 0) is 9.47 Å². The Kier molecular flexibility index (Phi) is 8.83. The van der Waals surface area contributed by atoms with E-state index < -0.39 is 21.9 Å². The van der Waals surface area contributed by atoms with Crippen molar-refractivity contribution in [1.29, 1.82) is 0 Å².